The Balaban J connectivity index is 1.72. The first-order valence-corrected chi connectivity index (χ1v) is 8.34. The third-order valence-electron chi connectivity index (χ3n) is 4.48. The van der Waals surface area contributed by atoms with Gasteiger partial charge in [0.15, 0.2) is 0 Å². The lowest BCUT2D eigenvalue weighted by atomic mass is 10.1. The van der Waals surface area contributed by atoms with Crippen molar-refractivity contribution in [3.8, 4) is 11.3 Å². The quantitative estimate of drug-likeness (QED) is 0.641. The van der Waals surface area contributed by atoms with Gasteiger partial charge >= 0.3 is 0 Å². The summed E-state index contributed by atoms with van der Waals surface area (Å²) in [5.74, 6) is 1.80. The molecule has 1 fully saturated rings. The van der Waals surface area contributed by atoms with Crippen molar-refractivity contribution in [1.29, 1.82) is 0 Å². The highest BCUT2D eigenvalue weighted by atomic mass is 79.9. The largest absolute Gasteiger partial charge is 0.342 e. The number of hydrogen-bond acceptors (Lipinski definition) is 1. The summed E-state index contributed by atoms with van der Waals surface area (Å²) in [6.45, 7) is 0. The average molecular weight is 341 g/mol. The SMILES string of the molecule is Brc1cccc2cc(-c3cnc(C4CCCC4)[nH]3)ccc12. The van der Waals surface area contributed by atoms with Crippen molar-refractivity contribution in [2.45, 2.75) is 31.6 Å². The number of aromatic nitrogens is 2. The molecule has 0 aliphatic heterocycles. The highest BCUT2D eigenvalue weighted by Gasteiger charge is 2.20. The summed E-state index contributed by atoms with van der Waals surface area (Å²) in [5, 5.41) is 2.50. The molecule has 0 amide bonds. The van der Waals surface area contributed by atoms with E-state index >= 15 is 0 Å². The fourth-order valence-electron chi connectivity index (χ4n) is 3.30. The Kier molecular flexibility index (Phi) is 3.30. The van der Waals surface area contributed by atoms with Crippen molar-refractivity contribution in [3.05, 3.63) is 52.9 Å². The first-order chi connectivity index (χ1) is 10.3. The summed E-state index contributed by atoms with van der Waals surface area (Å²) in [6.07, 6.45) is 7.21. The van der Waals surface area contributed by atoms with Crippen molar-refractivity contribution >= 4 is 26.7 Å². The van der Waals surface area contributed by atoms with Gasteiger partial charge in [0, 0.05) is 16.0 Å². The molecule has 1 aromatic heterocycles. The van der Waals surface area contributed by atoms with Crippen LogP contribution in [0, 0.1) is 0 Å². The van der Waals surface area contributed by atoms with Crippen molar-refractivity contribution in [3.63, 3.8) is 0 Å². The number of rotatable bonds is 2. The van der Waals surface area contributed by atoms with Gasteiger partial charge in [-0.05, 0) is 35.7 Å². The molecule has 3 heteroatoms. The summed E-state index contributed by atoms with van der Waals surface area (Å²) in [5.41, 5.74) is 2.33. The number of fused-ring (bicyclic) bond motifs is 1. The molecule has 0 radical (unpaired) electrons. The summed E-state index contributed by atoms with van der Waals surface area (Å²) in [6, 6.07) is 12.9. The molecule has 0 bridgehead atoms. The van der Waals surface area contributed by atoms with Crippen molar-refractivity contribution < 1.29 is 0 Å². The minimum atomic E-state index is 0.633. The zero-order valence-electron chi connectivity index (χ0n) is 11.8. The number of nitrogens with zero attached hydrogens (tertiary/aromatic N) is 1. The lowest BCUT2D eigenvalue weighted by Crippen LogP contribution is -1.94. The average Bonchev–Trinajstić information content (AvgIpc) is 3.18. The molecule has 3 aromatic rings. The van der Waals surface area contributed by atoms with Crippen LogP contribution in [0.4, 0.5) is 0 Å². The van der Waals surface area contributed by atoms with Gasteiger partial charge in [-0.2, -0.15) is 0 Å². The molecule has 21 heavy (non-hydrogen) atoms. The summed E-state index contributed by atoms with van der Waals surface area (Å²) >= 11 is 3.61. The fraction of sp³-hybridized carbons (Fsp3) is 0.278. The molecule has 2 nitrogen and oxygen atoms in total. The third-order valence-corrected chi connectivity index (χ3v) is 5.17. The van der Waals surface area contributed by atoms with Crippen LogP contribution in [0.5, 0.6) is 0 Å². The Morgan fingerprint density at radius 1 is 1.10 bits per heavy atom. The van der Waals surface area contributed by atoms with E-state index in [4.69, 9.17) is 0 Å². The molecular weight excluding hydrogens is 324 g/mol. The van der Waals surface area contributed by atoms with Crippen molar-refractivity contribution in [2.75, 3.05) is 0 Å². The molecule has 1 aliphatic rings. The van der Waals surface area contributed by atoms with Crippen molar-refractivity contribution in [2.24, 2.45) is 0 Å². The normalized spacial score (nSPS) is 15.9. The van der Waals surface area contributed by atoms with Crippen LogP contribution in [-0.2, 0) is 0 Å². The zero-order chi connectivity index (χ0) is 14.2. The topological polar surface area (TPSA) is 28.7 Å². The van der Waals surface area contributed by atoms with Gasteiger partial charge in [0.25, 0.3) is 0 Å². The van der Waals surface area contributed by atoms with Gasteiger partial charge in [-0.15, -0.1) is 0 Å². The molecule has 4 rings (SSSR count). The maximum absolute atomic E-state index is 4.61. The molecule has 1 heterocycles. The summed E-state index contributed by atoms with van der Waals surface area (Å²) in [4.78, 5) is 8.14. The number of hydrogen-bond donors (Lipinski definition) is 1. The molecule has 1 saturated carbocycles. The molecule has 0 spiro atoms. The number of aromatic amines is 1. The second-order valence-corrected chi connectivity index (χ2v) is 6.69. The molecule has 2 aromatic carbocycles. The Bertz CT molecular complexity index is 785. The smallest absolute Gasteiger partial charge is 0.109 e. The van der Waals surface area contributed by atoms with Crippen LogP contribution >= 0.6 is 15.9 Å². The van der Waals surface area contributed by atoms with Crippen LogP contribution in [-0.4, -0.2) is 9.97 Å². The molecule has 0 saturated heterocycles. The minimum Gasteiger partial charge on any atom is -0.342 e. The maximum Gasteiger partial charge on any atom is 0.109 e. The van der Waals surface area contributed by atoms with Crippen LogP contribution in [0.15, 0.2) is 47.1 Å². The number of imidazole rings is 1. The lowest BCUT2D eigenvalue weighted by molar-refractivity contribution is 0.679. The first-order valence-electron chi connectivity index (χ1n) is 7.55. The predicted molar refractivity (Wildman–Crippen MR) is 90.4 cm³/mol. The maximum atomic E-state index is 4.61. The Morgan fingerprint density at radius 3 is 2.81 bits per heavy atom. The van der Waals surface area contributed by atoms with Gasteiger partial charge in [0.2, 0.25) is 0 Å². The Hall–Kier alpha value is -1.61. The van der Waals surface area contributed by atoms with E-state index in [-0.39, 0.29) is 0 Å². The van der Waals surface area contributed by atoms with E-state index in [1.165, 1.54) is 42.0 Å². The minimum absolute atomic E-state index is 0.633. The monoisotopic (exact) mass is 340 g/mol. The number of nitrogens with one attached hydrogen (secondary N) is 1. The van der Waals surface area contributed by atoms with E-state index in [2.05, 4.69) is 62.3 Å². The van der Waals surface area contributed by atoms with Gasteiger partial charge in [0.1, 0.15) is 5.82 Å². The first kappa shape index (κ1) is 13.1. The second kappa shape index (κ2) is 5.30. The van der Waals surface area contributed by atoms with E-state index in [0.717, 1.165) is 16.0 Å². The standard InChI is InChI=1S/C18H17BrN2/c19-16-7-3-6-13-10-14(8-9-15(13)16)17-11-20-18(21-17)12-4-1-2-5-12/h3,6-12H,1-2,4-5H2,(H,20,21). The van der Waals surface area contributed by atoms with E-state index in [1.807, 2.05) is 6.20 Å². The zero-order valence-corrected chi connectivity index (χ0v) is 13.4. The fourth-order valence-corrected chi connectivity index (χ4v) is 3.82. The highest BCUT2D eigenvalue weighted by molar-refractivity contribution is 9.10. The van der Waals surface area contributed by atoms with E-state index in [0.29, 0.717) is 5.92 Å². The lowest BCUT2D eigenvalue weighted by Gasteiger charge is -2.05. The molecule has 1 aliphatic carbocycles. The van der Waals surface area contributed by atoms with Crippen LogP contribution in [0.3, 0.4) is 0 Å². The Morgan fingerprint density at radius 2 is 1.95 bits per heavy atom. The van der Waals surface area contributed by atoms with Gasteiger partial charge in [-0.3, -0.25) is 0 Å². The van der Waals surface area contributed by atoms with Gasteiger partial charge < -0.3 is 4.98 Å². The number of benzene rings is 2. The molecule has 0 unspecified atom stereocenters. The highest BCUT2D eigenvalue weighted by Crippen LogP contribution is 2.34. The molecular formula is C18H17BrN2. The molecule has 106 valence electrons. The van der Waals surface area contributed by atoms with E-state index in [9.17, 15) is 0 Å². The third kappa shape index (κ3) is 2.40. The van der Waals surface area contributed by atoms with Gasteiger partial charge in [0.05, 0.1) is 11.9 Å². The van der Waals surface area contributed by atoms with Crippen LogP contribution in [0.25, 0.3) is 22.0 Å². The van der Waals surface area contributed by atoms with E-state index in [1.54, 1.807) is 0 Å². The molecule has 1 N–H and O–H groups in total. The van der Waals surface area contributed by atoms with Crippen LogP contribution < -0.4 is 0 Å². The predicted octanol–water partition coefficient (Wildman–Crippen LogP) is 5.65. The number of H-pyrrole nitrogens is 1. The van der Waals surface area contributed by atoms with Gasteiger partial charge in [-0.25, -0.2) is 4.98 Å². The summed E-state index contributed by atoms with van der Waals surface area (Å²) in [7, 11) is 0. The second-order valence-electron chi connectivity index (χ2n) is 5.84. The summed E-state index contributed by atoms with van der Waals surface area (Å²) < 4.78 is 1.14. The van der Waals surface area contributed by atoms with Crippen molar-refractivity contribution in [1.82, 2.24) is 9.97 Å². The van der Waals surface area contributed by atoms with Crippen LogP contribution in [0.1, 0.15) is 37.4 Å². The van der Waals surface area contributed by atoms with Crippen LogP contribution in [0.2, 0.25) is 0 Å². The van der Waals surface area contributed by atoms with Gasteiger partial charge in [-0.1, -0.05) is 53.0 Å². The Labute approximate surface area is 132 Å². The number of halogens is 1. The van der Waals surface area contributed by atoms with E-state index < -0.39 is 0 Å². The molecule has 0 atom stereocenters.